The Morgan fingerprint density at radius 2 is 2.17 bits per heavy atom. The van der Waals surface area contributed by atoms with Crippen molar-refractivity contribution in [3.63, 3.8) is 0 Å². The van der Waals surface area contributed by atoms with Gasteiger partial charge in [0.2, 0.25) is 0 Å². The third-order valence-electron chi connectivity index (χ3n) is 1.58. The monoisotopic (exact) mass is 167 g/mol. The Morgan fingerprint density at radius 3 is 2.67 bits per heavy atom. The van der Waals surface area contributed by atoms with E-state index in [2.05, 4.69) is 0 Å². The van der Waals surface area contributed by atoms with Crippen molar-refractivity contribution >= 4 is 5.71 Å². The molecule has 1 aromatic rings. The number of hydrogen-bond donors (Lipinski definition) is 1. The number of ether oxygens (including phenoxy) is 1. The smallest absolute Gasteiger partial charge is 0.165 e. The van der Waals surface area contributed by atoms with Gasteiger partial charge in [0.1, 0.15) is 0 Å². The molecule has 12 heavy (non-hydrogen) atoms. The number of hydrogen-bond acceptors (Lipinski definition) is 2. The number of benzene rings is 1. The van der Waals surface area contributed by atoms with Crippen molar-refractivity contribution in [3.05, 3.63) is 29.6 Å². The molecule has 0 aliphatic rings. The summed E-state index contributed by atoms with van der Waals surface area (Å²) in [4.78, 5) is 0. The maximum atomic E-state index is 12.8. The molecule has 0 spiro atoms. The fourth-order valence-electron chi connectivity index (χ4n) is 0.893. The minimum atomic E-state index is -0.400. The second-order valence-corrected chi connectivity index (χ2v) is 2.47. The van der Waals surface area contributed by atoms with Crippen molar-refractivity contribution in [1.29, 1.82) is 5.41 Å². The van der Waals surface area contributed by atoms with Crippen LogP contribution in [0, 0.1) is 11.2 Å². The van der Waals surface area contributed by atoms with Gasteiger partial charge in [0, 0.05) is 5.71 Å². The van der Waals surface area contributed by atoms with E-state index in [0.717, 1.165) is 0 Å². The van der Waals surface area contributed by atoms with Gasteiger partial charge in [-0.2, -0.15) is 0 Å². The van der Waals surface area contributed by atoms with Gasteiger partial charge in [0.05, 0.1) is 7.11 Å². The summed E-state index contributed by atoms with van der Waals surface area (Å²) in [6.45, 7) is 1.65. The van der Waals surface area contributed by atoms with Crippen LogP contribution in [0.15, 0.2) is 18.2 Å². The molecule has 0 aliphatic heterocycles. The second-order valence-electron chi connectivity index (χ2n) is 2.47. The molecule has 0 saturated heterocycles. The van der Waals surface area contributed by atoms with Crippen molar-refractivity contribution in [2.24, 2.45) is 0 Å². The lowest BCUT2D eigenvalue weighted by atomic mass is 10.1. The normalized spacial score (nSPS) is 9.58. The summed E-state index contributed by atoms with van der Waals surface area (Å²) in [6.07, 6.45) is 0. The highest BCUT2D eigenvalue weighted by atomic mass is 19.1. The van der Waals surface area contributed by atoms with E-state index >= 15 is 0 Å². The zero-order valence-electron chi connectivity index (χ0n) is 7.02. The Balaban J connectivity index is 3.13. The molecule has 3 heteroatoms. The number of methoxy groups -OCH3 is 1. The first-order valence-electron chi connectivity index (χ1n) is 3.54. The van der Waals surface area contributed by atoms with E-state index in [1.54, 1.807) is 13.0 Å². The van der Waals surface area contributed by atoms with E-state index in [9.17, 15) is 4.39 Å². The van der Waals surface area contributed by atoms with Crippen LogP contribution in [0.4, 0.5) is 4.39 Å². The Bertz CT molecular complexity index is 309. The lowest BCUT2D eigenvalue weighted by Gasteiger charge is -2.03. The molecule has 0 saturated carbocycles. The van der Waals surface area contributed by atoms with E-state index in [-0.39, 0.29) is 5.75 Å². The predicted molar refractivity (Wildman–Crippen MR) is 45.5 cm³/mol. The van der Waals surface area contributed by atoms with Crippen molar-refractivity contribution in [2.75, 3.05) is 7.11 Å². The largest absolute Gasteiger partial charge is 0.494 e. The van der Waals surface area contributed by atoms with Gasteiger partial charge >= 0.3 is 0 Å². The molecule has 2 nitrogen and oxygen atoms in total. The summed E-state index contributed by atoms with van der Waals surface area (Å²) in [6, 6.07) is 4.37. The lowest BCUT2D eigenvalue weighted by Crippen LogP contribution is -1.95. The van der Waals surface area contributed by atoms with Gasteiger partial charge in [-0.3, -0.25) is 0 Å². The van der Waals surface area contributed by atoms with Crippen LogP contribution in [0.3, 0.4) is 0 Å². The van der Waals surface area contributed by atoms with Crippen LogP contribution in [0.1, 0.15) is 12.5 Å². The Morgan fingerprint density at radius 1 is 1.50 bits per heavy atom. The first kappa shape index (κ1) is 8.71. The van der Waals surface area contributed by atoms with E-state index < -0.39 is 5.82 Å². The van der Waals surface area contributed by atoms with E-state index in [1.165, 1.54) is 19.2 Å². The maximum Gasteiger partial charge on any atom is 0.165 e. The molecule has 0 aliphatic carbocycles. The van der Waals surface area contributed by atoms with Crippen LogP contribution in [-0.2, 0) is 0 Å². The topological polar surface area (TPSA) is 33.1 Å². The molecular weight excluding hydrogens is 157 g/mol. The van der Waals surface area contributed by atoms with Crippen LogP contribution in [0.2, 0.25) is 0 Å². The van der Waals surface area contributed by atoms with Gasteiger partial charge in [0.15, 0.2) is 11.6 Å². The van der Waals surface area contributed by atoms with Gasteiger partial charge in [-0.05, 0) is 24.6 Å². The number of rotatable bonds is 2. The maximum absolute atomic E-state index is 12.8. The van der Waals surface area contributed by atoms with Crippen molar-refractivity contribution in [3.8, 4) is 5.75 Å². The summed E-state index contributed by atoms with van der Waals surface area (Å²) < 4.78 is 17.6. The zero-order valence-corrected chi connectivity index (χ0v) is 7.02. The summed E-state index contributed by atoms with van der Waals surface area (Å²) in [5.74, 6) is -0.221. The number of halogens is 1. The summed E-state index contributed by atoms with van der Waals surface area (Å²) in [7, 11) is 1.40. The average molecular weight is 167 g/mol. The molecular formula is C9H10FNO. The number of nitrogens with one attached hydrogen (secondary N) is 1. The first-order valence-corrected chi connectivity index (χ1v) is 3.54. The summed E-state index contributed by atoms with van der Waals surface area (Å²) in [5.41, 5.74) is 1.07. The Labute approximate surface area is 70.5 Å². The molecule has 0 unspecified atom stereocenters. The average Bonchev–Trinajstić information content (AvgIpc) is 2.05. The van der Waals surface area contributed by atoms with Gasteiger partial charge in [-0.25, -0.2) is 4.39 Å². The molecule has 1 aromatic carbocycles. The quantitative estimate of drug-likeness (QED) is 0.673. The molecule has 64 valence electrons. The van der Waals surface area contributed by atoms with Crippen LogP contribution in [0.5, 0.6) is 5.75 Å². The van der Waals surface area contributed by atoms with Gasteiger partial charge in [-0.1, -0.05) is 6.07 Å². The molecule has 0 fully saturated rings. The molecule has 0 radical (unpaired) electrons. The third-order valence-corrected chi connectivity index (χ3v) is 1.58. The fourth-order valence-corrected chi connectivity index (χ4v) is 0.893. The standard InChI is InChI=1S/C9H10FNO/c1-6(11)7-3-4-8(10)9(5-7)12-2/h3-5,11H,1-2H3. The zero-order chi connectivity index (χ0) is 9.14. The highest BCUT2D eigenvalue weighted by Gasteiger charge is 2.03. The van der Waals surface area contributed by atoms with Crippen LogP contribution in [0.25, 0.3) is 0 Å². The molecule has 1 rings (SSSR count). The Hall–Kier alpha value is -1.38. The Kier molecular flexibility index (Phi) is 2.43. The minimum Gasteiger partial charge on any atom is -0.494 e. The first-order chi connectivity index (χ1) is 5.65. The van der Waals surface area contributed by atoms with E-state index in [1.807, 2.05) is 0 Å². The minimum absolute atomic E-state index is 0.180. The van der Waals surface area contributed by atoms with Crippen molar-refractivity contribution in [1.82, 2.24) is 0 Å². The molecule has 1 N–H and O–H groups in total. The molecule has 0 amide bonds. The second kappa shape index (κ2) is 3.34. The van der Waals surface area contributed by atoms with Gasteiger partial charge in [-0.15, -0.1) is 0 Å². The molecule has 0 heterocycles. The third kappa shape index (κ3) is 1.61. The lowest BCUT2D eigenvalue weighted by molar-refractivity contribution is 0.386. The van der Waals surface area contributed by atoms with E-state index in [0.29, 0.717) is 11.3 Å². The molecule has 0 aromatic heterocycles. The van der Waals surface area contributed by atoms with Gasteiger partial charge < -0.3 is 10.1 Å². The van der Waals surface area contributed by atoms with Gasteiger partial charge in [0.25, 0.3) is 0 Å². The van der Waals surface area contributed by atoms with Crippen LogP contribution in [-0.4, -0.2) is 12.8 Å². The van der Waals surface area contributed by atoms with E-state index in [4.69, 9.17) is 10.1 Å². The highest BCUT2D eigenvalue weighted by molar-refractivity contribution is 5.96. The SMILES string of the molecule is COc1cc(C(C)=N)ccc1F. The predicted octanol–water partition coefficient (Wildman–Crippen LogP) is 2.22. The summed E-state index contributed by atoms with van der Waals surface area (Å²) >= 11 is 0. The highest BCUT2D eigenvalue weighted by Crippen LogP contribution is 2.18. The fraction of sp³-hybridized carbons (Fsp3) is 0.222. The van der Waals surface area contributed by atoms with Crippen molar-refractivity contribution < 1.29 is 9.13 Å². The molecule has 0 bridgehead atoms. The van der Waals surface area contributed by atoms with Crippen molar-refractivity contribution in [2.45, 2.75) is 6.92 Å². The molecule has 0 atom stereocenters. The summed E-state index contributed by atoms with van der Waals surface area (Å²) in [5, 5.41) is 7.30. The van der Waals surface area contributed by atoms with Crippen LogP contribution < -0.4 is 4.74 Å². The van der Waals surface area contributed by atoms with Crippen LogP contribution >= 0.6 is 0 Å².